The van der Waals surface area contributed by atoms with Gasteiger partial charge in [0.2, 0.25) is 0 Å². The van der Waals surface area contributed by atoms with E-state index in [0.29, 0.717) is 5.82 Å². The van der Waals surface area contributed by atoms with Crippen molar-refractivity contribution in [3.8, 4) is 11.1 Å². The normalized spacial score (nSPS) is 10.7. The summed E-state index contributed by atoms with van der Waals surface area (Å²) in [5, 5.41) is 4.86. The third-order valence-electron chi connectivity index (χ3n) is 2.73. The molecular weight excluding hydrogens is 222 g/mol. The highest BCUT2D eigenvalue weighted by Crippen LogP contribution is 2.30. The quantitative estimate of drug-likeness (QED) is 0.870. The monoisotopic (exact) mass is 235 g/mol. The molecule has 4 heteroatoms. The van der Waals surface area contributed by atoms with Crippen molar-refractivity contribution in [3.63, 3.8) is 0 Å². The highest BCUT2D eigenvalue weighted by atomic mass is 35.5. The van der Waals surface area contributed by atoms with Crippen LogP contribution in [0.5, 0.6) is 0 Å². The molecule has 0 fully saturated rings. The fourth-order valence-corrected chi connectivity index (χ4v) is 1.93. The van der Waals surface area contributed by atoms with Gasteiger partial charge in [-0.3, -0.25) is 4.68 Å². The lowest BCUT2D eigenvalue weighted by Gasteiger charge is -2.07. The van der Waals surface area contributed by atoms with Crippen LogP contribution in [-0.4, -0.2) is 9.78 Å². The van der Waals surface area contributed by atoms with Gasteiger partial charge in [-0.05, 0) is 29.7 Å². The van der Waals surface area contributed by atoms with E-state index in [1.165, 1.54) is 5.56 Å². The Bertz CT molecular complexity index is 517. The van der Waals surface area contributed by atoms with Crippen LogP contribution in [-0.2, 0) is 13.5 Å². The molecule has 16 heavy (non-hydrogen) atoms. The Morgan fingerprint density at radius 3 is 2.69 bits per heavy atom. The summed E-state index contributed by atoms with van der Waals surface area (Å²) in [6, 6.07) is 5.87. The van der Waals surface area contributed by atoms with Crippen molar-refractivity contribution < 1.29 is 0 Å². The van der Waals surface area contributed by atoms with Gasteiger partial charge in [-0.2, -0.15) is 5.10 Å². The number of hydrogen-bond donors (Lipinski definition) is 1. The van der Waals surface area contributed by atoms with E-state index in [9.17, 15) is 0 Å². The molecule has 1 aromatic carbocycles. The first-order chi connectivity index (χ1) is 7.63. The van der Waals surface area contributed by atoms with Crippen LogP contribution in [0.4, 0.5) is 5.82 Å². The molecule has 0 radical (unpaired) electrons. The summed E-state index contributed by atoms with van der Waals surface area (Å²) < 4.78 is 1.66. The van der Waals surface area contributed by atoms with Gasteiger partial charge in [-0.1, -0.05) is 24.6 Å². The molecule has 0 saturated heterocycles. The molecule has 2 aromatic rings. The molecule has 2 N–H and O–H groups in total. The number of nitrogen functional groups attached to an aromatic ring is 1. The molecule has 2 rings (SSSR count). The van der Waals surface area contributed by atoms with E-state index >= 15 is 0 Å². The molecule has 1 heterocycles. The standard InChI is InChI=1S/C12H14ClN3/c1-3-8-4-5-9(13)6-10(8)11-7-15-16(2)12(11)14/h4-7H,3,14H2,1-2H3. The Labute approximate surface area is 99.8 Å². The molecule has 0 spiro atoms. The minimum absolute atomic E-state index is 0.664. The van der Waals surface area contributed by atoms with Gasteiger partial charge in [0.05, 0.1) is 6.20 Å². The van der Waals surface area contributed by atoms with Gasteiger partial charge in [0.15, 0.2) is 0 Å². The SMILES string of the molecule is CCc1ccc(Cl)cc1-c1cnn(C)c1N. The zero-order chi connectivity index (χ0) is 11.7. The molecule has 0 amide bonds. The molecule has 0 aliphatic heterocycles. The Kier molecular flexibility index (Phi) is 2.88. The van der Waals surface area contributed by atoms with Crippen LogP contribution in [0.15, 0.2) is 24.4 Å². The Morgan fingerprint density at radius 1 is 1.38 bits per heavy atom. The summed E-state index contributed by atoms with van der Waals surface area (Å²) in [4.78, 5) is 0. The first-order valence-corrected chi connectivity index (χ1v) is 5.57. The lowest BCUT2D eigenvalue weighted by molar-refractivity contribution is 0.779. The summed E-state index contributed by atoms with van der Waals surface area (Å²) in [6.45, 7) is 2.11. The van der Waals surface area contributed by atoms with Crippen LogP contribution in [0.25, 0.3) is 11.1 Å². The van der Waals surface area contributed by atoms with Crippen molar-refractivity contribution in [2.45, 2.75) is 13.3 Å². The number of halogens is 1. The van der Waals surface area contributed by atoms with Gasteiger partial charge in [-0.25, -0.2) is 0 Å². The maximum absolute atomic E-state index is 6.01. The lowest BCUT2D eigenvalue weighted by Crippen LogP contribution is -1.98. The minimum atomic E-state index is 0.664. The second-order valence-electron chi connectivity index (χ2n) is 3.72. The van der Waals surface area contributed by atoms with E-state index in [1.807, 2.05) is 25.2 Å². The summed E-state index contributed by atoms with van der Waals surface area (Å²) in [6.07, 6.45) is 2.72. The van der Waals surface area contributed by atoms with Crippen molar-refractivity contribution in [2.75, 3.05) is 5.73 Å². The molecule has 0 atom stereocenters. The number of aromatic nitrogens is 2. The van der Waals surface area contributed by atoms with Gasteiger partial charge in [-0.15, -0.1) is 0 Å². The zero-order valence-corrected chi connectivity index (χ0v) is 10.1. The number of rotatable bonds is 2. The van der Waals surface area contributed by atoms with Gasteiger partial charge >= 0.3 is 0 Å². The Hall–Kier alpha value is -1.48. The van der Waals surface area contributed by atoms with Gasteiger partial charge in [0.1, 0.15) is 5.82 Å². The summed E-state index contributed by atoms with van der Waals surface area (Å²) >= 11 is 6.01. The van der Waals surface area contributed by atoms with Crippen LogP contribution in [0.2, 0.25) is 5.02 Å². The molecule has 1 aromatic heterocycles. The van der Waals surface area contributed by atoms with E-state index in [-0.39, 0.29) is 0 Å². The van der Waals surface area contributed by atoms with Crippen molar-refractivity contribution >= 4 is 17.4 Å². The average Bonchev–Trinajstić information content (AvgIpc) is 2.60. The third kappa shape index (κ3) is 1.78. The predicted octanol–water partition coefficient (Wildman–Crippen LogP) is 2.89. The largest absolute Gasteiger partial charge is 0.383 e. The van der Waals surface area contributed by atoms with E-state index in [2.05, 4.69) is 12.0 Å². The van der Waals surface area contributed by atoms with Crippen molar-refractivity contribution in [2.24, 2.45) is 7.05 Å². The Balaban J connectivity index is 2.62. The summed E-state index contributed by atoms with van der Waals surface area (Å²) in [5.41, 5.74) is 9.21. The first-order valence-electron chi connectivity index (χ1n) is 5.19. The molecule has 0 aliphatic carbocycles. The maximum atomic E-state index is 6.01. The van der Waals surface area contributed by atoms with Crippen LogP contribution in [0, 0.1) is 0 Å². The highest BCUT2D eigenvalue weighted by Gasteiger charge is 2.11. The van der Waals surface area contributed by atoms with E-state index in [1.54, 1.807) is 10.9 Å². The topological polar surface area (TPSA) is 43.8 Å². The Morgan fingerprint density at radius 2 is 2.12 bits per heavy atom. The lowest BCUT2D eigenvalue weighted by atomic mass is 10.00. The zero-order valence-electron chi connectivity index (χ0n) is 9.37. The molecule has 0 saturated carbocycles. The van der Waals surface area contributed by atoms with Crippen LogP contribution in [0.1, 0.15) is 12.5 Å². The predicted molar refractivity (Wildman–Crippen MR) is 67.4 cm³/mol. The molecule has 3 nitrogen and oxygen atoms in total. The average molecular weight is 236 g/mol. The fraction of sp³-hybridized carbons (Fsp3) is 0.250. The number of nitrogens with two attached hydrogens (primary N) is 1. The minimum Gasteiger partial charge on any atom is -0.383 e. The van der Waals surface area contributed by atoms with Crippen LogP contribution >= 0.6 is 11.6 Å². The van der Waals surface area contributed by atoms with Crippen LogP contribution in [0.3, 0.4) is 0 Å². The highest BCUT2D eigenvalue weighted by molar-refractivity contribution is 6.30. The second-order valence-corrected chi connectivity index (χ2v) is 4.16. The molecule has 0 bridgehead atoms. The fourth-order valence-electron chi connectivity index (χ4n) is 1.76. The number of nitrogens with zero attached hydrogens (tertiary/aromatic N) is 2. The van der Waals surface area contributed by atoms with Crippen molar-refractivity contribution in [1.29, 1.82) is 0 Å². The molecular formula is C12H14ClN3. The van der Waals surface area contributed by atoms with Crippen LogP contribution < -0.4 is 5.73 Å². The number of aryl methyl sites for hydroxylation is 2. The first kappa shape index (κ1) is 11.0. The van der Waals surface area contributed by atoms with Crippen molar-refractivity contribution in [1.82, 2.24) is 9.78 Å². The second kappa shape index (κ2) is 4.18. The van der Waals surface area contributed by atoms with E-state index in [4.69, 9.17) is 17.3 Å². The van der Waals surface area contributed by atoms with Crippen molar-refractivity contribution in [3.05, 3.63) is 35.0 Å². The van der Waals surface area contributed by atoms with Gasteiger partial charge in [0, 0.05) is 17.6 Å². The van der Waals surface area contributed by atoms with E-state index in [0.717, 1.165) is 22.6 Å². The number of anilines is 1. The third-order valence-corrected chi connectivity index (χ3v) is 2.96. The van der Waals surface area contributed by atoms with Gasteiger partial charge < -0.3 is 5.73 Å². The number of hydrogen-bond acceptors (Lipinski definition) is 2. The maximum Gasteiger partial charge on any atom is 0.129 e. The number of benzene rings is 1. The summed E-state index contributed by atoms with van der Waals surface area (Å²) in [7, 11) is 1.83. The smallest absolute Gasteiger partial charge is 0.129 e. The van der Waals surface area contributed by atoms with E-state index < -0.39 is 0 Å². The molecule has 0 unspecified atom stereocenters. The summed E-state index contributed by atoms with van der Waals surface area (Å²) in [5.74, 6) is 0.664. The molecule has 0 aliphatic rings. The van der Waals surface area contributed by atoms with Gasteiger partial charge in [0.25, 0.3) is 0 Å². The molecule has 84 valence electrons.